The summed E-state index contributed by atoms with van der Waals surface area (Å²) >= 11 is 1.33. The van der Waals surface area contributed by atoms with Gasteiger partial charge < -0.3 is 4.74 Å². The number of hydrogen-bond acceptors (Lipinski definition) is 6. The normalized spacial score (nSPS) is 11.7. The van der Waals surface area contributed by atoms with Crippen LogP contribution in [0.1, 0.15) is 17.3 Å². The highest BCUT2D eigenvalue weighted by molar-refractivity contribution is 7.89. The molecule has 0 atom stereocenters. The van der Waals surface area contributed by atoms with Gasteiger partial charge in [-0.1, -0.05) is 17.4 Å². The third-order valence-electron chi connectivity index (χ3n) is 3.77. The summed E-state index contributed by atoms with van der Waals surface area (Å²) in [6.45, 7) is 2.48. The summed E-state index contributed by atoms with van der Waals surface area (Å²) in [7, 11) is -0.722. The number of rotatable bonds is 6. The van der Waals surface area contributed by atoms with Gasteiger partial charge in [0, 0.05) is 19.7 Å². The van der Waals surface area contributed by atoms with Crippen LogP contribution in [0.4, 0.5) is 5.13 Å². The SMILES string of the molecule is CCOc1ccc2nc(NC(=O)c3cccc(S(=O)(=O)N(C)C)c3)sc2c1. The van der Waals surface area contributed by atoms with Crippen molar-refractivity contribution in [3.8, 4) is 5.75 Å². The molecule has 0 bridgehead atoms. The first-order valence-corrected chi connectivity index (χ1v) is 10.4. The second kappa shape index (κ2) is 7.63. The van der Waals surface area contributed by atoms with Crippen molar-refractivity contribution >= 4 is 42.6 Å². The molecule has 0 saturated carbocycles. The Bertz CT molecular complexity index is 1090. The van der Waals surface area contributed by atoms with Crippen LogP contribution in [0.15, 0.2) is 47.4 Å². The summed E-state index contributed by atoms with van der Waals surface area (Å²) in [6, 6.07) is 11.4. The molecular weight excluding hydrogens is 386 g/mol. The molecule has 0 radical (unpaired) electrons. The smallest absolute Gasteiger partial charge is 0.257 e. The lowest BCUT2D eigenvalue weighted by Crippen LogP contribution is -2.22. The van der Waals surface area contributed by atoms with Crippen LogP contribution >= 0.6 is 11.3 Å². The lowest BCUT2D eigenvalue weighted by molar-refractivity contribution is 0.102. The number of aromatic nitrogens is 1. The Labute approximate surface area is 161 Å². The van der Waals surface area contributed by atoms with E-state index in [0.717, 1.165) is 20.3 Å². The number of anilines is 1. The number of amides is 1. The van der Waals surface area contributed by atoms with E-state index in [2.05, 4.69) is 10.3 Å². The molecule has 27 heavy (non-hydrogen) atoms. The highest BCUT2D eigenvalue weighted by Crippen LogP contribution is 2.29. The third kappa shape index (κ3) is 4.10. The van der Waals surface area contributed by atoms with Crippen molar-refractivity contribution in [1.29, 1.82) is 0 Å². The van der Waals surface area contributed by atoms with Crippen LogP contribution in [0.3, 0.4) is 0 Å². The molecule has 1 N–H and O–H groups in total. The molecule has 2 aromatic carbocycles. The molecule has 1 amide bonds. The third-order valence-corrected chi connectivity index (χ3v) is 6.51. The second-order valence-electron chi connectivity index (χ2n) is 5.85. The fourth-order valence-electron chi connectivity index (χ4n) is 2.39. The summed E-state index contributed by atoms with van der Waals surface area (Å²) in [5.41, 5.74) is 0.995. The Kier molecular flexibility index (Phi) is 5.45. The summed E-state index contributed by atoms with van der Waals surface area (Å²) < 4.78 is 31.9. The topological polar surface area (TPSA) is 88.6 Å². The first-order valence-electron chi connectivity index (χ1n) is 8.18. The number of carbonyl (C=O) groups is 1. The van der Waals surface area contributed by atoms with Gasteiger partial charge in [0.2, 0.25) is 10.0 Å². The van der Waals surface area contributed by atoms with Gasteiger partial charge in [0.25, 0.3) is 5.91 Å². The molecule has 0 aliphatic heterocycles. The van der Waals surface area contributed by atoms with Crippen LogP contribution in [0.2, 0.25) is 0 Å². The molecule has 0 spiro atoms. The number of carbonyl (C=O) groups excluding carboxylic acids is 1. The zero-order valence-electron chi connectivity index (χ0n) is 15.1. The van der Waals surface area contributed by atoms with Crippen LogP contribution in [-0.4, -0.2) is 44.3 Å². The van der Waals surface area contributed by atoms with Gasteiger partial charge in [0.15, 0.2) is 5.13 Å². The molecule has 0 saturated heterocycles. The molecule has 3 aromatic rings. The molecule has 3 rings (SSSR count). The highest BCUT2D eigenvalue weighted by atomic mass is 32.2. The Morgan fingerprint density at radius 3 is 2.70 bits per heavy atom. The molecule has 142 valence electrons. The van der Waals surface area contributed by atoms with Crippen molar-refractivity contribution in [2.24, 2.45) is 0 Å². The Balaban J connectivity index is 1.84. The van der Waals surface area contributed by atoms with Gasteiger partial charge in [0.1, 0.15) is 5.75 Å². The van der Waals surface area contributed by atoms with E-state index in [1.54, 1.807) is 6.07 Å². The van der Waals surface area contributed by atoms with Gasteiger partial charge in [-0.25, -0.2) is 17.7 Å². The first kappa shape index (κ1) is 19.3. The molecule has 9 heteroatoms. The average Bonchev–Trinajstić information content (AvgIpc) is 3.03. The molecule has 1 aromatic heterocycles. The first-order chi connectivity index (χ1) is 12.8. The number of thiazole rings is 1. The number of benzene rings is 2. The Morgan fingerprint density at radius 1 is 1.22 bits per heavy atom. The van der Waals surface area contributed by atoms with Crippen LogP contribution in [0.5, 0.6) is 5.75 Å². The lowest BCUT2D eigenvalue weighted by atomic mass is 10.2. The van der Waals surface area contributed by atoms with Gasteiger partial charge in [0.05, 0.1) is 21.7 Å². The number of nitrogens with one attached hydrogen (secondary N) is 1. The van der Waals surface area contributed by atoms with E-state index < -0.39 is 15.9 Å². The molecule has 7 nitrogen and oxygen atoms in total. The fraction of sp³-hybridized carbons (Fsp3) is 0.222. The van der Waals surface area contributed by atoms with Crippen LogP contribution in [0.25, 0.3) is 10.2 Å². The summed E-state index contributed by atoms with van der Waals surface area (Å²) in [5.74, 6) is 0.322. The fourth-order valence-corrected chi connectivity index (χ4v) is 4.23. The predicted octanol–water partition coefficient (Wildman–Crippen LogP) is 3.20. The second-order valence-corrected chi connectivity index (χ2v) is 9.03. The van der Waals surface area contributed by atoms with Gasteiger partial charge in [-0.15, -0.1) is 0 Å². The van der Waals surface area contributed by atoms with Crippen LogP contribution in [0, 0.1) is 0 Å². The van der Waals surface area contributed by atoms with Crippen molar-refractivity contribution in [1.82, 2.24) is 9.29 Å². The summed E-state index contributed by atoms with van der Waals surface area (Å²) in [6.07, 6.45) is 0. The quantitative estimate of drug-likeness (QED) is 0.680. The van der Waals surface area contributed by atoms with Gasteiger partial charge >= 0.3 is 0 Å². The minimum absolute atomic E-state index is 0.0609. The predicted molar refractivity (Wildman–Crippen MR) is 106 cm³/mol. The maximum atomic E-state index is 12.5. The van der Waals surface area contributed by atoms with E-state index in [9.17, 15) is 13.2 Å². The maximum absolute atomic E-state index is 12.5. The Hall–Kier alpha value is -2.49. The van der Waals surface area contributed by atoms with E-state index in [0.29, 0.717) is 11.7 Å². The molecule has 0 fully saturated rings. The van der Waals surface area contributed by atoms with Crippen molar-refractivity contribution in [3.05, 3.63) is 48.0 Å². The van der Waals surface area contributed by atoms with Crippen molar-refractivity contribution in [2.75, 3.05) is 26.0 Å². The standard InChI is InChI=1S/C18H19N3O4S2/c1-4-25-13-8-9-15-16(11-13)26-18(19-15)20-17(22)12-6-5-7-14(10-12)27(23,24)21(2)3/h5-11H,4H2,1-3H3,(H,19,20,22). The highest BCUT2D eigenvalue weighted by Gasteiger charge is 2.19. The van der Waals surface area contributed by atoms with Crippen LogP contribution in [-0.2, 0) is 10.0 Å². The molecule has 0 aliphatic carbocycles. The van der Waals surface area contributed by atoms with E-state index in [-0.39, 0.29) is 10.5 Å². The van der Waals surface area contributed by atoms with Crippen molar-refractivity contribution in [3.63, 3.8) is 0 Å². The van der Waals surface area contributed by atoms with E-state index >= 15 is 0 Å². The number of sulfonamides is 1. The lowest BCUT2D eigenvalue weighted by Gasteiger charge is -2.12. The minimum atomic E-state index is -3.61. The van der Waals surface area contributed by atoms with E-state index in [1.165, 1.54) is 43.6 Å². The summed E-state index contributed by atoms with van der Waals surface area (Å²) in [5, 5.41) is 3.16. The monoisotopic (exact) mass is 405 g/mol. The number of fused-ring (bicyclic) bond motifs is 1. The molecular formula is C18H19N3O4S2. The van der Waals surface area contributed by atoms with Crippen molar-refractivity contribution < 1.29 is 17.9 Å². The van der Waals surface area contributed by atoms with Gasteiger partial charge in [-0.3, -0.25) is 10.1 Å². The zero-order chi connectivity index (χ0) is 19.6. The van der Waals surface area contributed by atoms with E-state index in [1.807, 2.05) is 25.1 Å². The number of nitrogens with zero attached hydrogens (tertiary/aromatic N) is 2. The largest absolute Gasteiger partial charge is 0.494 e. The van der Waals surface area contributed by atoms with Gasteiger partial charge in [-0.05, 0) is 43.3 Å². The zero-order valence-corrected chi connectivity index (χ0v) is 16.7. The minimum Gasteiger partial charge on any atom is -0.494 e. The Morgan fingerprint density at radius 2 is 2.00 bits per heavy atom. The number of hydrogen-bond donors (Lipinski definition) is 1. The van der Waals surface area contributed by atoms with Crippen LogP contribution < -0.4 is 10.1 Å². The van der Waals surface area contributed by atoms with E-state index in [4.69, 9.17) is 4.74 Å². The maximum Gasteiger partial charge on any atom is 0.257 e. The van der Waals surface area contributed by atoms with Gasteiger partial charge in [-0.2, -0.15) is 0 Å². The molecule has 1 heterocycles. The summed E-state index contributed by atoms with van der Waals surface area (Å²) in [4.78, 5) is 17.0. The average molecular weight is 406 g/mol. The van der Waals surface area contributed by atoms with Crippen molar-refractivity contribution in [2.45, 2.75) is 11.8 Å². The molecule has 0 aliphatic rings. The number of ether oxygens (including phenoxy) is 1. The molecule has 0 unspecified atom stereocenters.